The largest absolute Gasteiger partial charge is 0.368 e. The number of primary amides is 1. The van der Waals surface area contributed by atoms with Gasteiger partial charge in [0.2, 0.25) is 5.91 Å². The van der Waals surface area contributed by atoms with Crippen molar-refractivity contribution in [2.75, 3.05) is 13.1 Å². The average molecular weight is 235 g/mol. The first-order valence-electron chi connectivity index (χ1n) is 5.96. The lowest BCUT2D eigenvalue weighted by Crippen LogP contribution is -2.45. The minimum absolute atomic E-state index is 0.237. The second kappa shape index (κ2) is 7.04. The fourth-order valence-electron chi connectivity index (χ4n) is 1.97. The summed E-state index contributed by atoms with van der Waals surface area (Å²) in [6.45, 7) is 3.87. The summed E-state index contributed by atoms with van der Waals surface area (Å²) in [4.78, 5) is 13.4. The topological polar surface area (TPSA) is 72.4 Å². The number of nitrogens with two attached hydrogens (primary N) is 2. The third-order valence-corrected chi connectivity index (χ3v) is 2.80. The van der Waals surface area contributed by atoms with E-state index in [0.717, 1.165) is 0 Å². The van der Waals surface area contributed by atoms with Gasteiger partial charge in [-0.05, 0) is 12.0 Å². The highest BCUT2D eigenvalue weighted by Gasteiger charge is 2.21. The van der Waals surface area contributed by atoms with Crippen LogP contribution >= 0.6 is 0 Å². The molecule has 1 rings (SSSR count). The molecule has 4 heteroatoms. The van der Waals surface area contributed by atoms with Gasteiger partial charge >= 0.3 is 0 Å². The quantitative estimate of drug-likeness (QED) is 0.731. The number of carbonyl (C=O) groups is 1. The van der Waals surface area contributed by atoms with Gasteiger partial charge in [0, 0.05) is 19.6 Å². The number of rotatable bonds is 7. The molecule has 0 radical (unpaired) electrons. The Labute approximate surface area is 103 Å². The highest BCUT2D eigenvalue weighted by molar-refractivity contribution is 5.79. The van der Waals surface area contributed by atoms with E-state index < -0.39 is 0 Å². The van der Waals surface area contributed by atoms with Gasteiger partial charge in [-0.1, -0.05) is 37.3 Å². The fourth-order valence-corrected chi connectivity index (χ4v) is 1.97. The lowest BCUT2D eigenvalue weighted by Gasteiger charge is -2.28. The molecule has 0 saturated carbocycles. The standard InChI is InChI=1S/C13H21N3O/c1-2-12(13(15)17)16(9-8-14)10-11-6-4-3-5-7-11/h3-7,12H,2,8-10,14H2,1H3,(H2,15,17). The Bertz CT molecular complexity index is 340. The lowest BCUT2D eigenvalue weighted by molar-refractivity contribution is -0.123. The number of nitrogens with zero attached hydrogens (tertiary/aromatic N) is 1. The van der Waals surface area contributed by atoms with Crippen LogP contribution in [0.3, 0.4) is 0 Å². The summed E-state index contributed by atoms with van der Waals surface area (Å²) in [5, 5.41) is 0. The van der Waals surface area contributed by atoms with Crippen LogP contribution in [0.25, 0.3) is 0 Å². The van der Waals surface area contributed by atoms with Crippen molar-refractivity contribution in [3.05, 3.63) is 35.9 Å². The first-order chi connectivity index (χ1) is 8.19. The van der Waals surface area contributed by atoms with Crippen LogP contribution in [0.4, 0.5) is 0 Å². The van der Waals surface area contributed by atoms with E-state index >= 15 is 0 Å². The fraction of sp³-hybridized carbons (Fsp3) is 0.462. The zero-order chi connectivity index (χ0) is 12.7. The minimum Gasteiger partial charge on any atom is -0.368 e. The van der Waals surface area contributed by atoms with Gasteiger partial charge in [-0.2, -0.15) is 0 Å². The zero-order valence-electron chi connectivity index (χ0n) is 10.3. The van der Waals surface area contributed by atoms with Crippen molar-refractivity contribution >= 4 is 5.91 Å². The number of hydrogen-bond acceptors (Lipinski definition) is 3. The van der Waals surface area contributed by atoms with E-state index in [0.29, 0.717) is 26.1 Å². The highest BCUT2D eigenvalue weighted by atomic mass is 16.1. The molecule has 1 aromatic carbocycles. The molecule has 1 amide bonds. The molecule has 94 valence electrons. The maximum atomic E-state index is 11.4. The van der Waals surface area contributed by atoms with Gasteiger partial charge in [-0.3, -0.25) is 9.69 Å². The van der Waals surface area contributed by atoms with Crippen molar-refractivity contribution in [2.24, 2.45) is 11.5 Å². The summed E-state index contributed by atoms with van der Waals surface area (Å²) in [7, 11) is 0. The van der Waals surface area contributed by atoms with Gasteiger partial charge in [0.15, 0.2) is 0 Å². The van der Waals surface area contributed by atoms with Crippen LogP contribution in [-0.2, 0) is 11.3 Å². The molecule has 0 aliphatic heterocycles. The van der Waals surface area contributed by atoms with E-state index in [1.807, 2.05) is 42.2 Å². The van der Waals surface area contributed by atoms with Crippen molar-refractivity contribution in [1.29, 1.82) is 0 Å². The number of amides is 1. The van der Waals surface area contributed by atoms with E-state index in [4.69, 9.17) is 11.5 Å². The normalized spacial score (nSPS) is 12.6. The van der Waals surface area contributed by atoms with Gasteiger partial charge in [0.25, 0.3) is 0 Å². The minimum atomic E-state index is -0.281. The third-order valence-electron chi connectivity index (χ3n) is 2.80. The monoisotopic (exact) mass is 235 g/mol. The van der Waals surface area contributed by atoms with Gasteiger partial charge in [-0.15, -0.1) is 0 Å². The van der Waals surface area contributed by atoms with Crippen molar-refractivity contribution < 1.29 is 4.79 Å². The maximum absolute atomic E-state index is 11.4. The molecule has 4 nitrogen and oxygen atoms in total. The SMILES string of the molecule is CCC(C(N)=O)N(CCN)Cc1ccccc1. The Hall–Kier alpha value is -1.39. The van der Waals surface area contributed by atoms with Gasteiger partial charge in [0.1, 0.15) is 0 Å². The van der Waals surface area contributed by atoms with Crippen molar-refractivity contribution in [3.8, 4) is 0 Å². The van der Waals surface area contributed by atoms with Crippen molar-refractivity contribution in [1.82, 2.24) is 4.90 Å². The van der Waals surface area contributed by atoms with E-state index in [1.165, 1.54) is 5.56 Å². The molecule has 0 aromatic heterocycles. The molecule has 0 saturated heterocycles. The van der Waals surface area contributed by atoms with Crippen LogP contribution in [-0.4, -0.2) is 29.9 Å². The molecule has 1 unspecified atom stereocenters. The molecular weight excluding hydrogens is 214 g/mol. The summed E-state index contributed by atoms with van der Waals surface area (Å²) in [6, 6.07) is 9.79. The lowest BCUT2D eigenvalue weighted by atomic mass is 10.1. The van der Waals surface area contributed by atoms with E-state index in [9.17, 15) is 4.79 Å². The van der Waals surface area contributed by atoms with E-state index in [2.05, 4.69) is 0 Å². The molecule has 0 spiro atoms. The van der Waals surface area contributed by atoms with Crippen LogP contribution < -0.4 is 11.5 Å². The Kier molecular flexibility index (Phi) is 5.66. The molecule has 0 heterocycles. The van der Waals surface area contributed by atoms with Crippen LogP contribution in [0.5, 0.6) is 0 Å². The maximum Gasteiger partial charge on any atom is 0.234 e. The predicted molar refractivity (Wildman–Crippen MR) is 69.2 cm³/mol. The summed E-state index contributed by atoms with van der Waals surface area (Å²) in [6.07, 6.45) is 0.710. The number of benzene rings is 1. The third kappa shape index (κ3) is 4.17. The molecule has 0 fully saturated rings. The summed E-state index contributed by atoms with van der Waals surface area (Å²) in [5.74, 6) is -0.281. The Morgan fingerprint density at radius 1 is 1.35 bits per heavy atom. The van der Waals surface area contributed by atoms with Crippen LogP contribution in [0.2, 0.25) is 0 Å². The second-order valence-electron chi connectivity index (χ2n) is 4.07. The molecule has 0 aliphatic carbocycles. The van der Waals surface area contributed by atoms with Crippen molar-refractivity contribution in [3.63, 3.8) is 0 Å². The van der Waals surface area contributed by atoms with Crippen LogP contribution in [0, 0.1) is 0 Å². The molecule has 1 aromatic rings. The predicted octanol–water partition coefficient (Wildman–Crippen LogP) is 0.711. The Morgan fingerprint density at radius 2 is 2.00 bits per heavy atom. The summed E-state index contributed by atoms with van der Waals surface area (Å²) < 4.78 is 0. The van der Waals surface area contributed by atoms with Crippen LogP contribution in [0.15, 0.2) is 30.3 Å². The first-order valence-corrected chi connectivity index (χ1v) is 5.96. The molecule has 0 aliphatic rings. The zero-order valence-corrected chi connectivity index (χ0v) is 10.3. The molecule has 17 heavy (non-hydrogen) atoms. The first kappa shape index (κ1) is 13.7. The summed E-state index contributed by atoms with van der Waals surface area (Å²) in [5.41, 5.74) is 12.2. The average Bonchev–Trinajstić information content (AvgIpc) is 2.31. The smallest absolute Gasteiger partial charge is 0.234 e. The Balaban J connectivity index is 2.75. The number of hydrogen-bond donors (Lipinski definition) is 2. The van der Waals surface area contributed by atoms with Gasteiger partial charge in [0.05, 0.1) is 6.04 Å². The molecule has 1 atom stereocenters. The molecule has 0 bridgehead atoms. The van der Waals surface area contributed by atoms with E-state index in [1.54, 1.807) is 0 Å². The second-order valence-corrected chi connectivity index (χ2v) is 4.07. The number of carbonyl (C=O) groups excluding carboxylic acids is 1. The van der Waals surface area contributed by atoms with Crippen LogP contribution in [0.1, 0.15) is 18.9 Å². The summed E-state index contributed by atoms with van der Waals surface area (Å²) >= 11 is 0. The van der Waals surface area contributed by atoms with Crippen molar-refractivity contribution in [2.45, 2.75) is 25.9 Å². The Morgan fingerprint density at radius 3 is 2.47 bits per heavy atom. The van der Waals surface area contributed by atoms with Gasteiger partial charge in [-0.25, -0.2) is 0 Å². The molecular formula is C13H21N3O. The van der Waals surface area contributed by atoms with Gasteiger partial charge < -0.3 is 11.5 Å². The van der Waals surface area contributed by atoms with E-state index in [-0.39, 0.29) is 11.9 Å². The molecule has 4 N–H and O–H groups in total. The highest BCUT2D eigenvalue weighted by Crippen LogP contribution is 2.10.